The van der Waals surface area contributed by atoms with Crippen LogP contribution in [0.25, 0.3) is 0 Å². The molecule has 1 aromatic heterocycles. The molecule has 2 rings (SSSR count). The summed E-state index contributed by atoms with van der Waals surface area (Å²) in [6, 6.07) is 6.49. The largest absolute Gasteiger partial charge is 0.495 e. The maximum absolute atomic E-state index is 12.1. The van der Waals surface area contributed by atoms with E-state index in [1.807, 2.05) is 13.0 Å². The number of carbonyl (C=O) groups is 1. The summed E-state index contributed by atoms with van der Waals surface area (Å²) in [5.41, 5.74) is 1.17. The molecule has 0 bridgehead atoms. The molecule has 0 spiro atoms. The van der Waals surface area contributed by atoms with Gasteiger partial charge in [0, 0.05) is 6.07 Å². The summed E-state index contributed by atoms with van der Waals surface area (Å²) in [6.07, 6.45) is 0. The number of nitrogens with one attached hydrogen (secondary N) is 1. The van der Waals surface area contributed by atoms with Crippen molar-refractivity contribution in [1.82, 2.24) is 0 Å². The second kappa shape index (κ2) is 6.11. The van der Waals surface area contributed by atoms with Crippen LogP contribution in [-0.4, -0.2) is 17.9 Å². The van der Waals surface area contributed by atoms with E-state index in [1.54, 1.807) is 12.1 Å². The molecular weight excluding hydrogens is 316 g/mol. The number of rotatable bonds is 4. The lowest BCUT2D eigenvalue weighted by atomic mass is 10.2. The number of benzene rings is 1. The number of aryl methyl sites for hydroxylation is 1. The number of carbonyl (C=O) groups excluding carboxylic acids is 1. The van der Waals surface area contributed by atoms with Crippen molar-refractivity contribution in [2.45, 2.75) is 6.92 Å². The molecule has 0 fully saturated rings. The van der Waals surface area contributed by atoms with E-state index < -0.39 is 10.8 Å². The molecule has 0 saturated heterocycles. The summed E-state index contributed by atoms with van der Waals surface area (Å²) in [5.74, 6) is 0.0324. The molecule has 1 amide bonds. The number of methoxy groups -OCH3 is 1. The predicted molar refractivity (Wildman–Crippen MR) is 81.7 cm³/mol. The van der Waals surface area contributed by atoms with Crippen LogP contribution in [-0.2, 0) is 0 Å². The van der Waals surface area contributed by atoms with E-state index in [1.165, 1.54) is 7.11 Å². The third-order valence-electron chi connectivity index (χ3n) is 2.69. The fourth-order valence-electron chi connectivity index (χ4n) is 1.70. The molecule has 110 valence electrons. The predicted octanol–water partition coefficient (Wildman–Crippen LogP) is 3.88. The van der Waals surface area contributed by atoms with Gasteiger partial charge in [0.1, 0.15) is 10.6 Å². The highest BCUT2D eigenvalue weighted by Gasteiger charge is 2.21. The Morgan fingerprint density at radius 2 is 2.14 bits per heavy atom. The molecule has 2 aromatic rings. The Morgan fingerprint density at radius 1 is 1.43 bits per heavy atom. The van der Waals surface area contributed by atoms with Gasteiger partial charge in [-0.15, -0.1) is 11.3 Å². The third kappa shape index (κ3) is 3.32. The number of nitro groups is 1. The van der Waals surface area contributed by atoms with Crippen molar-refractivity contribution in [3.63, 3.8) is 0 Å². The molecule has 0 aliphatic rings. The standard InChI is InChI=1S/C13H11ClN2O4S/c1-7-3-4-10(20-2)8(5-7)15-13(17)11-6-9(16(18)19)12(14)21-11/h3-6H,1-2H3,(H,15,17). The zero-order valence-electron chi connectivity index (χ0n) is 11.2. The zero-order chi connectivity index (χ0) is 15.6. The van der Waals surface area contributed by atoms with Gasteiger partial charge in [-0.05, 0) is 24.6 Å². The summed E-state index contributed by atoms with van der Waals surface area (Å²) >= 11 is 6.60. The number of thiophene rings is 1. The highest BCUT2D eigenvalue weighted by molar-refractivity contribution is 7.18. The highest BCUT2D eigenvalue weighted by Crippen LogP contribution is 2.34. The van der Waals surface area contributed by atoms with Gasteiger partial charge in [0.15, 0.2) is 4.34 Å². The van der Waals surface area contributed by atoms with Crippen LogP contribution in [0.3, 0.4) is 0 Å². The van der Waals surface area contributed by atoms with Crippen molar-refractivity contribution in [1.29, 1.82) is 0 Å². The van der Waals surface area contributed by atoms with Crippen LogP contribution in [0, 0.1) is 17.0 Å². The molecule has 1 N–H and O–H groups in total. The maximum atomic E-state index is 12.1. The number of halogens is 1. The number of ether oxygens (including phenoxy) is 1. The van der Waals surface area contributed by atoms with Crippen LogP contribution in [0.1, 0.15) is 15.2 Å². The summed E-state index contributed by atoms with van der Waals surface area (Å²) in [6.45, 7) is 1.88. The average molecular weight is 327 g/mol. The fraction of sp³-hybridized carbons (Fsp3) is 0.154. The Balaban J connectivity index is 2.28. The van der Waals surface area contributed by atoms with Crippen molar-refractivity contribution < 1.29 is 14.5 Å². The average Bonchev–Trinajstić information content (AvgIpc) is 2.81. The molecule has 0 aliphatic carbocycles. The van der Waals surface area contributed by atoms with Gasteiger partial charge in [-0.1, -0.05) is 17.7 Å². The molecule has 0 atom stereocenters. The summed E-state index contributed by atoms with van der Waals surface area (Å²) in [4.78, 5) is 22.4. The topological polar surface area (TPSA) is 81.5 Å². The van der Waals surface area contributed by atoms with Crippen LogP contribution in [0.2, 0.25) is 4.34 Å². The lowest BCUT2D eigenvalue weighted by molar-refractivity contribution is -0.384. The molecule has 0 unspecified atom stereocenters. The summed E-state index contributed by atoms with van der Waals surface area (Å²) < 4.78 is 5.13. The Hall–Kier alpha value is -2.12. The van der Waals surface area contributed by atoms with Gasteiger partial charge in [0.05, 0.1) is 17.7 Å². The minimum atomic E-state index is -0.622. The Morgan fingerprint density at radius 3 is 2.71 bits per heavy atom. The van der Waals surface area contributed by atoms with Crippen molar-refractivity contribution in [2.24, 2.45) is 0 Å². The second-order valence-electron chi connectivity index (χ2n) is 4.18. The molecule has 21 heavy (non-hydrogen) atoms. The smallest absolute Gasteiger partial charge is 0.299 e. The van der Waals surface area contributed by atoms with Crippen LogP contribution in [0.5, 0.6) is 5.75 Å². The van der Waals surface area contributed by atoms with E-state index in [0.717, 1.165) is 23.0 Å². The van der Waals surface area contributed by atoms with Gasteiger partial charge < -0.3 is 10.1 Å². The van der Waals surface area contributed by atoms with Crippen molar-refractivity contribution in [3.05, 3.63) is 49.2 Å². The van der Waals surface area contributed by atoms with Crippen LogP contribution in [0.15, 0.2) is 24.3 Å². The summed E-state index contributed by atoms with van der Waals surface area (Å²) in [7, 11) is 1.49. The van der Waals surface area contributed by atoms with E-state index in [9.17, 15) is 14.9 Å². The zero-order valence-corrected chi connectivity index (χ0v) is 12.7. The number of anilines is 1. The van der Waals surface area contributed by atoms with Crippen molar-refractivity contribution in [3.8, 4) is 5.75 Å². The third-order valence-corrected chi connectivity index (χ3v) is 4.03. The van der Waals surface area contributed by atoms with E-state index in [-0.39, 0.29) is 14.9 Å². The van der Waals surface area contributed by atoms with Crippen LogP contribution >= 0.6 is 22.9 Å². The second-order valence-corrected chi connectivity index (χ2v) is 5.84. The Kier molecular flexibility index (Phi) is 4.44. The fourth-order valence-corrected chi connectivity index (χ4v) is 2.82. The SMILES string of the molecule is COc1ccc(C)cc1NC(=O)c1cc([N+](=O)[O-])c(Cl)s1. The first-order valence-corrected chi connectivity index (χ1v) is 7.01. The number of hydrogen-bond donors (Lipinski definition) is 1. The van der Waals surface area contributed by atoms with Gasteiger partial charge in [-0.3, -0.25) is 14.9 Å². The van der Waals surface area contributed by atoms with Gasteiger partial charge >= 0.3 is 0 Å². The Labute approximate surface area is 129 Å². The molecule has 0 radical (unpaired) electrons. The van der Waals surface area contributed by atoms with E-state index >= 15 is 0 Å². The van der Waals surface area contributed by atoms with Crippen molar-refractivity contribution in [2.75, 3.05) is 12.4 Å². The molecule has 1 aromatic carbocycles. The van der Waals surface area contributed by atoms with Crippen LogP contribution in [0.4, 0.5) is 11.4 Å². The van der Waals surface area contributed by atoms with E-state index in [4.69, 9.17) is 16.3 Å². The molecule has 0 aliphatic heterocycles. The molecule has 1 heterocycles. The maximum Gasteiger partial charge on any atom is 0.299 e. The number of hydrogen-bond acceptors (Lipinski definition) is 5. The monoisotopic (exact) mass is 326 g/mol. The first kappa shape index (κ1) is 15.3. The van der Waals surface area contributed by atoms with Crippen LogP contribution < -0.4 is 10.1 Å². The minimum Gasteiger partial charge on any atom is -0.495 e. The number of amides is 1. The van der Waals surface area contributed by atoms with Crippen molar-refractivity contribution >= 4 is 40.2 Å². The highest BCUT2D eigenvalue weighted by atomic mass is 35.5. The molecule has 8 heteroatoms. The Bertz CT molecular complexity index is 714. The lowest BCUT2D eigenvalue weighted by Gasteiger charge is -2.10. The van der Waals surface area contributed by atoms with Gasteiger partial charge in [0.2, 0.25) is 0 Å². The molecule has 0 saturated carbocycles. The molecular formula is C13H11ClN2O4S. The van der Waals surface area contributed by atoms with E-state index in [2.05, 4.69) is 5.32 Å². The van der Waals surface area contributed by atoms with Gasteiger partial charge in [0.25, 0.3) is 11.6 Å². The van der Waals surface area contributed by atoms with E-state index in [0.29, 0.717) is 11.4 Å². The quantitative estimate of drug-likeness (QED) is 0.682. The van der Waals surface area contributed by atoms with Gasteiger partial charge in [-0.2, -0.15) is 0 Å². The normalized spacial score (nSPS) is 10.2. The van der Waals surface area contributed by atoms with Gasteiger partial charge in [-0.25, -0.2) is 0 Å². The first-order valence-electron chi connectivity index (χ1n) is 5.82. The number of nitrogens with zero attached hydrogens (tertiary/aromatic N) is 1. The minimum absolute atomic E-state index is 0.0265. The lowest BCUT2D eigenvalue weighted by Crippen LogP contribution is -2.11. The molecule has 6 nitrogen and oxygen atoms in total. The summed E-state index contributed by atoms with van der Waals surface area (Å²) in [5, 5.41) is 13.4. The first-order chi connectivity index (χ1) is 9.92.